The number of benzene rings is 1. The van der Waals surface area contributed by atoms with Crippen LogP contribution in [0.5, 0.6) is 0 Å². The zero-order chi connectivity index (χ0) is 16.0. The summed E-state index contributed by atoms with van der Waals surface area (Å²) in [7, 11) is 0. The molecule has 1 rings (SSSR count). The molecule has 0 aliphatic rings. The van der Waals surface area contributed by atoms with Crippen molar-refractivity contribution in [3.8, 4) is 0 Å². The standard InChI is InChI=1S/C13H15FN2O4S/c1-7(2)15-13(20)16-11(17)6-21-8-3-4-10(14)9(5-8)12(18)19/h3-5,7H,6H2,1-2H3,(H,18,19)(H2,15,16,17,20). The molecule has 0 spiro atoms. The van der Waals surface area contributed by atoms with Crippen molar-refractivity contribution in [3.63, 3.8) is 0 Å². The minimum atomic E-state index is -1.38. The molecule has 0 saturated heterocycles. The highest BCUT2D eigenvalue weighted by molar-refractivity contribution is 8.00. The lowest BCUT2D eigenvalue weighted by Gasteiger charge is -2.09. The summed E-state index contributed by atoms with van der Waals surface area (Å²) in [5.74, 6) is -2.83. The summed E-state index contributed by atoms with van der Waals surface area (Å²) in [5.41, 5.74) is -0.460. The molecule has 0 radical (unpaired) electrons. The van der Waals surface area contributed by atoms with Gasteiger partial charge in [0.15, 0.2) is 0 Å². The summed E-state index contributed by atoms with van der Waals surface area (Å²) < 4.78 is 13.2. The van der Waals surface area contributed by atoms with Crippen molar-refractivity contribution in [2.45, 2.75) is 24.8 Å². The van der Waals surface area contributed by atoms with E-state index in [9.17, 15) is 18.8 Å². The number of carbonyl (C=O) groups is 3. The normalized spacial score (nSPS) is 10.3. The molecule has 0 bridgehead atoms. The van der Waals surface area contributed by atoms with Crippen LogP contribution in [0.15, 0.2) is 23.1 Å². The number of halogens is 1. The SMILES string of the molecule is CC(C)NC(=O)NC(=O)CSc1ccc(F)c(C(=O)O)c1. The van der Waals surface area contributed by atoms with E-state index in [1.165, 1.54) is 6.07 Å². The summed E-state index contributed by atoms with van der Waals surface area (Å²) in [6.45, 7) is 3.51. The number of carbonyl (C=O) groups excluding carboxylic acids is 2. The number of carboxylic acid groups (broad SMARTS) is 1. The quantitative estimate of drug-likeness (QED) is 0.721. The number of urea groups is 1. The van der Waals surface area contributed by atoms with Crippen LogP contribution in [0, 0.1) is 5.82 Å². The fraction of sp³-hybridized carbons (Fsp3) is 0.308. The number of hydrogen-bond donors (Lipinski definition) is 3. The Morgan fingerprint density at radius 3 is 2.57 bits per heavy atom. The van der Waals surface area contributed by atoms with E-state index in [1.807, 2.05) is 0 Å². The van der Waals surface area contributed by atoms with Crippen molar-refractivity contribution in [3.05, 3.63) is 29.6 Å². The summed E-state index contributed by atoms with van der Waals surface area (Å²) in [4.78, 5) is 34.0. The Hall–Kier alpha value is -2.09. The molecule has 0 saturated carbocycles. The van der Waals surface area contributed by atoms with E-state index >= 15 is 0 Å². The number of rotatable bonds is 5. The zero-order valence-electron chi connectivity index (χ0n) is 11.5. The third-order valence-electron chi connectivity index (χ3n) is 2.21. The van der Waals surface area contributed by atoms with Gasteiger partial charge < -0.3 is 10.4 Å². The Labute approximate surface area is 125 Å². The highest BCUT2D eigenvalue weighted by atomic mass is 32.2. The maximum Gasteiger partial charge on any atom is 0.338 e. The van der Waals surface area contributed by atoms with Crippen LogP contribution >= 0.6 is 11.8 Å². The first-order chi connectivity index (χ1) is 9.79. The molecule has 1 aromatic carbocycles. The van der Waals surface area contributed by atoms with Crippen LogP contribution in [0.2, 0.25) is 0 Å². The van der Waals surface area contributed by atoms with E-state index in [1.54, 1.807) is 13.8 Å². The van der Waals surface area contributed by atoms with Gasteiger partial charge in [0, 0.05) is 10.9 Å². The lowest BCUT2D eigenvalue weighted by atomic mass is 10.2. The summed E-state index contributed by atoms with van der Waals surface area (Å²) in [5, 5.41) is 13.4. The third-order valence-corrected chi connectivity index (χ3v) is 3.20. The molecular formula is C13H15FN2O4S. The number of nitrogens with one attached hydrogen (secondary N) is 2. The molecule has 0 fully saturated rings. The Morgan fingerprint density at radius 2 is 2.00 bits per heavy atom. The van der Waals surface area contributed by atoms with Gasteiger partial charge in [-0.2, -0.15) is 0 Å². The van der Waals surface area contributed by atoms with E-state index in [0.717, 1.165) is 23.9 Å². The topological polar surface area (TPSA) is 95.5 Å². The average Bonchev–Trinajstić information content (AvgIpc) is 2.36. The molecule has 6 nitrogen and oxygen atoms in total. The second-order valence-electron chi connectivity index (χ2n) is 4.41. The zero-order valence-corrected chi connectivity index (χ0v) is 12.3. The molecule has 21 heavy (non-hydrogen) atoms. The fourth-order valence-electron chi connectivity index (χ4n) is 1.37. The first kappa shape index (κ1) is 17.0. The van der Waals surface area contributed by atoms with Crippen LogP contribution in [0.3, 0.4) is 0 Å². The lowest BCUT2D eigenvalue weighted by molar-refractivity contribution is -0.117. The minimum absolute atomic E-state index is 0.0871. The van der Waals surface area contributed by atoms with Crippen molar-refractivity contribution in [2.24, 2.45) is 0 Å². The predicted octanol–water partition coefficient (Wildman–Crippen LogP) is 1.85. The van der Waals surface area contributed by atoms with Crippen LogP contribution in [0.4, 0.5) is 9.18 Å². The maximum absolute atomic E-state index is 13.2. The van der Waals surface area contributed by atoms with Crippen molar-refractivity contribution in [1.29, 1.82) is 0 Å². The first-order valence-electron chi connectivity index (χ1n) is 6.05. The smallest absolute Gasteiger partial charge is 0.338 e. The molecule has 3 N–H and O–H groups in total. The minimum Gasteiger partial charge on any atom is -0.478 e. The first-order valence-corrected chi connectivity index (χ1v) is 7.04. The van der Waals surface area contributed by atoms with Gasteiger partial charge in [-0.25, -0.2) is 14.0 Å². The number of aromatic carboxylic acids is 1. The van der Waals surface area contributed by atoms with Crippen LogP contribution in [0.1, 0.15) is 24.2 Å². The number of amides is 3. The van der Waals surface area contributed by atoms with Crippen LogP contribution in [0.25, 0.3) is 0 Å². The summed E-state index contributed by atoms with van der Waals surface area (Å²) >= 11 is 1.01. The summed E-state index contributed by atoms with van der Waals surface area (Å²) in [6.07, 6.45) is 0. The Bertz CT molecular complexity index is 563. The average molecular weight is 314 g/mol. The van der Waals surface area contributed by atoms with Gasteiger partial charge >= 0.3 is 12.0 Å². The van der Waals surface area contributed by atoms with E-state index in [2.05, 4.69) is 10.6 Å². The molecule has 0 aliphatic carbocycles. The van der Waals surface area contributed by atoms with Crippen molar-refractivity contribution in [2.75, 3.05) is 5.75 Å². The van der Waals surface area contributed by atoms with Gasteiger partial charge in [-0.3, -0.25) is 10.1 Å². The number of imide groups is 1. The molecule has 0 aromatic heterocycles. The van der Waals surface area contributed by atoms with Gasteiger partial charge in [-0.15, -0.1) is 11.8 Å². The second-order valence-corrected chi connectivity index (χ2v) is 5.46. The van der Waals surface area contributed by atoms with E-state index < -0.39 is 29.3 Å². The van der Waals surface area contributed by atoms with E-state index in [0.29, 0.717) is 4.90 Å². The largest absolute Gasteiger partial charge is 0.478 e. The highest BCUT2D eigenvalue weighted by Crippen LogP contribution is 2.21. The van der Waals surface area contributed by atoms with E-state index in [-0.39, 0.29) is 11.8 Å². The van der Waals surface area contributed by atoms with Gasteiger partial charge in [0.1, 0.15) is 5.82 Å². The van der Waals surface area contributed by atoms with Crippen molar-refractivity contribution >= 4 is 29.7 Å². The van der Waals surface area contributed by atoms with Gasteiger partial charge in [0.05, 0.1) is 11.3 Å². The number of carboxylic acids is 1. The molecule has 0 atom stereocenters. The molecule has 3 amide bonds. The predicted molar refractivity (Wildman–Crippen MR) is 75.9 cm³/mol. The molecule has 0 heterocycles. The molecule has 0 unspecified atom stereocenters. The Balaban J connectivity index is 2.55. The fourth-order valence-corrected chi connectivity index (χ4v) is 2.10. The lowest BCUT2D eigenvalue weighted by Crippen LogP contribution is -2.43. The van der Waals surface area contributed by atoms with Crippen LogP contribution in [-0.2, 0) is 4.79 Å². The number of hydrogen-bond acceptors (Lipinski definition) is 4. The van der Waals surface area contributed by atoms with Gasteiger partial charge in [0.2, 0.25) is 5.91 Å². The maximum atomic E-state index is 13.2. The van der Waals surface area contributed by atoms with Crippen LogP contribution in [-0.4, -0.2) is 34.8 Å². The molecule has 114 valence electrons. The van der Waals surface area contributed by atoms with Crippen molar-refractivity contribution in [1.82, 2.24) is 10.6 Å². The molecule has 1 aromatic rings. The molecular weight excluding hydrogens is 299 g/mol. The third kappa shape index (κ3) is 5.82. The Kier molecular flexibility index (Phi) is 6.16. The molecule has 8 heteroatoms. The summed E-state index contributed by atoms with van der Waals surface area (Å²) in [6, 6.07) is 2.84. The van der Waals surface area contributed by atoms with Gasteiger partial charge in [0.25, 0.3) is 0 Å². The van der Waals surface area contributed by atoms with Crippen molar-refractivity contribution < 1.29 is 23.9 Å². The van der Waals surface area contributed by atoms with E-state index in [4.69, 9.17) is 5.11 Å². The molecule has 0 aliphatic heterocycles. The van der Waals surface area contributed by atoms with Crippen LogP contribution < -0.4 is 10.6 Å². The Morgan fingerprint density at radius 1 is 1.33 bits per heavy atom. The highest BCUT2D eigenvalue weighted by Gasteiger charge is 2.13. The van der Waals surface area contributed by atoms with Gasteiger partial charge in [-0.05, 0) is 32.0 Å². The number of thioether (sulfide) groups is 1. The van der Waals surface area contributed by atoms with Gasteiger partial charge in [-0.1, -0.05) is 0 Å². The second kappa shape index (κ2) is 7.63. The monoisotopic (exact) mass is 314 g/mol.